The van der Waals surface area contributed by atoms with Gasteiger partial charge in [0.2, 0.25) is 15.9 Å². The summed E-state index contributed by atoms with van der Waals surface area (Å²) in [5.74, 6) is -0.455. The molecule has 5 rings (SSSR count). The highest BCUT2D eigenvalue weighted by Gasteiger charge is 2.30. The second-order valence-electron chi connectivity index (χ2n) is 8.79. The second-order valence-corrected chi connectivity index (χ2v) is 10.8. The summed E-state index contributed by atoms with van der Waals surface area (Å²) in [4.78, 5) is 14.7. The van der Waals surface area contributed by atoms with E-state index < -0.39 is 21.7 Å². The lowest BCUT2D eigenvalue weighted by molar-refractivity contribution is -0.113. The number of nitrogens with zero attached hydrogens (tertiary/aromatic N) is 6. The summed E-state index contributed by atoms with van der Waals surface area (Å²) in [6.07, 6.45) is 2.14. The van der Waals surface area contributed by atoms with Crippen molar-refractivity contribution in [1.82, 2.24) is 24.5 Å². The first-order chi connectivity index (χ1) is 16.4. The number of aromatic nitrogens is 4. The van der Waals surface area contributed by atoms with Crippen molar-refractivity contribution in [3.63, 3.8) is 0 Å². The maximum Gasteiger partial charge on any atom is 0.241 e. The first-order valence-corrected chi connectivity index (χ1v) is 13.0. The molecule has 0 atom stereocenters. The van der Waals surface area contributed by atoms with Gasteiger partial charge in [-0.15, -0.1) is 5.10 Å². The van der Waals surface area contributed by atoms with E-state index in [4.69, 9.17) is 0 Å². The van der Waals surface area contributed by atoms with Crippen LogP contribution in [0.2, 0.25) is 0 Å². The molecule has 1 aromatic heterocycles. The lowest BCUT2D eigenvalue weighted by Crippen LogP contribution is -2.50. The Morgan fingerprint density at radius 1 is 1.06 bits per heavy atom. The third kappa shape index (κ3) is 4.95. The Kier molecular flexibility index (Phi) is 6.05. The summed E-state index contributed by atoms with van der Waals surface area (Å²) in [6.45, 7) is 3.92. The molecule has 10 nitrogen and oxygen atoms in total. The number of benzene rings is 2. The number of piperazine rings is 1. The molecule has 1 amide bonds. The third-order valence-corrected chi connectivity index (χ3v) is 7.90. The van der Waals surface area contributed by atoms with Crippen LogP contribution in [0.15, 0.2) is 48.5 Å². The van der Waals surface area contributed by atoms with Gasteiger partial charge in [-0.1, -0.05) is 12.1 Å². The van der Waals surface area contributed by atoms with Gasteiger partial charge in [0.25, 0.3) is 0 Å². The van der Waals surface area contributed by atoms with Crippen molar-refractivity contribution in [2.45, 2.75) is 25.8 Å². The number of carbonyl (C=O) groups is 1. The van der Waals surface area contributed by atoms with Gasteiger partial charge >= 0.3 is 0 Å². The first-order valence-electron chi connectivity index (χ1n) is 11.4. The van der Waals surface area contributed by atoms with Gasteiger partial charge in [0, 0.05) is 43.1 Å². The smallest absolute Gasteiger partial charge is 0.241 e. The monoisotopic (exact) mass is 481 g/mol. The van der Waals surface area contributed by atoms with Gasteiger partial charge in [-0.05, 0) is 72.2 Å². The van der Waals surface area contributed by atoms with Crippen LogP contribution in [-0.2, 0) is 14.8 Å². The quantitative estimate of drug-likeness (QED) is 0.550. The molecule has 1 N–H and O–H groups in total. The predicted octanol–water partition coefficient (Wildman–Crippen LogP) is 2.07. The molecular weight excluding hydrogens is 454 g/mol. The van der Waals surface area contributed by atoms with Gasteiger partial charge in [-0.3, -0.25) is 4.79 Å². The van der Waals surface area contributed by atoms with Gasteiger partial charge in [-0.25, -0.2) is 13.1 Å². The Balaban J connectivity index is 1.16. The highest BCUT2D eigenvalue weighted by Crippen LogP contribution is 2.36. The van der Waals surface area contributed by atoms with Crippen molar-refractivity contribution in [3.8, 4) is 11.4 Å². The first kappa shape index (κ1) is 22.5. The maximum absolute atomic E-state index is 12.8. The second kappa shape index (κ2) is 9.15. The number of aryl methyl sites for hydroxylation is 1. The van der Waals surface area contributed by atoms with Gasteiger partial charge in [0.1, 0.15) is 5.75 Å². The van der Waals surface area contributed by atoms with Crippen molar-refractivity contribution in [2.75, 3.05) is 42.1 Å². The van der Waals surface area contributed by atoms with Crippen LogP contribution in [0.25, 0.3) is 11.4 Å². The van der Waals surface area contributed by atoms with Crippen LogP contribution in [0.3, 0.4) is 0 Å². The number of nitrogens with one attached hydrogen (secondary N) is 1. The van der Waals surface area contributed by atoms with E-state index in [9.17, 15) is 13.2 Å². The van der Waals surface area contributed by atoms with Crippen molar-refractivity contribution in [3.05, 3.63) is 54.1 Å². The molecule has 2 fully saturated rings. The molecule has 2 heterocycles. The van der Waals surface area contributed by atoms with E-state index in [2.05, 4.69) is 31.8 Å². The average Bonchev–Trinajstić information content (AvgIpc) is 3.55. The van der Waals surface area contributed by atoms with Crippen LogP contribution < -0.4 is 10.2 Å². The highest BCUT2D eigenvalue weighted by molar-refractivity contribution is 7.89. The van der Waals surface area contributed by atoms with Crippen LogP contribution in [0.1, 0.15) is 24.4 Å². The Bertz CT molecular complexity index is 1280. The van der Waals surface area contributed by atoms with Crippen LogP contribution in [0, 0.1) is 6.92 Å². The summed E-state index contributed by atoms with van der Waals surface area (Å²) in [6, 6.07) is 15.6. The number of hydrogen-bond acceptors (Lipinski definition) is 7. The van der Waals surface area contributed by atoms with Gasteiger partial charge in [0.05, 0.1) is 6.04 Å². The Labute approximate surface area is 198 Å². The highest BCUT2D eigenvalue weighted by atomic mass is 32.2. The molecule has 2 aliphatic rings. The molecule has 1 aliphatic heterocycles. The lowest BCUT2D eigenvalue weighted by Gasteiger charge is -2.35. The van der Waals surface area contributed by atoms with E-state index in [-0.39, 0.29) is 0 Å². The largest absolute Gasteiger partial charge is 0.369 e. The molecule has 2 aromatic carbocycles. The number of anilines is 2. The Morgan fingerprint density at radius 2 is 1.79 bits per heavy atom. The zero-order valence-electron chi connectivity index (χ0n) is 19.0. The fourth-order valence-electron chi connectivity index (χ4n) is 4.15. The van der Waals surface area contributed by atoms with Crippen LogP contribution in [-0.4, -0.2) is 70.8 Å². The fraction of sp³-hybridized carbons (Fsp3) is 0.391. The minimum Gasteiger partial charge on any atom is -0.369 e. The predicted molar refractivity (Wildman–Crippen MR) is 129 cm³/mol. The number of amides is 1. The van der Waals surface area contributed by atoms with Crippen molar-refractivity contribution in [2.24, 2.45) is 0 Å². The van der Waals surface area contributed by atoms with Crippen molar-refractivity contribution < 1.29 is 13.2 Å². The SMILES string of the molecule is Cc1cccc(N2CCN(S(=O)(=O)CC(=O)Nc3ccc(-c4nnnn4C4CC4)cc3)CC2)c1. The molecule has 1 aliphatic carbocycles. The molecule has 1 saturated carbocycles. The van der Waals surface area contributed by atoms with E-state index in [0.717, 1.165) is 24.1 Å². The van der Waals surface area contributed by atoms with E-state index in [1.165, 1.54) is 9.87 Å². The zero-order valence-corrected chi connectivity index (χ0v) is 19.8. The standard InChI is InChI=1S/C23H27N7O3S/c1-17-3-2-4-21(15-17)28-11-13-29(14-12-28)34(32,33)16-22(31)24-19-7-5-18(6-8-19)23-25-26-27-30(23)20-9-10-20/h2-8,15,20H,9-14,16H2,1H3,(H,24,31). The van der Waals surface area contributed by atoms with Gasteiger partial charge in [0.15, 0.2) is 5.82 Å². The summed E-state index contributed by atoms with van der Waals surface area (Å²) < 4.78 is 28.9. The minimum atomic E-state index is -3.70. The van der Waals surface area contributed by atoms with E-state index >= 15 is 0 Å². The molecule has 0 bridgehead atoms. The average molecular weight is 482 g/mol. The number of rotatable bonds is 7. The molecule has 0 radical (unpaired) electrons. The van der Waals surface area contributed by atoms with Crippen LogP contribution in [0.4, 0.5) is 11.4 Å². The number of hydrogen-bond donors (Lipinski definition) is 1. The lowest BCUT2D eigenvalue weighted by atomic mass is 10.2. The summed E-state index contributed by atoms with van der Waals surface area (Å²) >= 11 is 0. The summed E-state index contributed by atoms with van der Waals surface area (Å²) in [5.41, 5.74) is 3.62. The Morgan fingerprint density at radius 3 is 2.47 bits per heavy atom. The normalized spacial score (nSPS) is 17.0. The molecule has 0 unspecified atom stereocenters. The number of sulfonamides is 1. The molecular formula is C23H27N7O3S. The molecule has 3 aromatic rings. The topological polar surface area (TPSA) is 113 Å². The molecule has 178 valence electrons. The third-order valence-electron chi connectivity index (χ3n) is 6.12. The summed E-state index contributed by atoms with van der Waals surface area (Å²) in [5, 5.41) is 14.6. The minimum absolute atomic E-state index is 0.355. The number of tetrazole rings is 1. The van der Waals surface area contributed by atoms with E-state index in [1.807, 2.05) is 41.9 Å². The molecule has 0 spiro atoms. The Hall–Kier alpha value is -3.31. The maximum atomic E-state index is 12.8. The van der Waals surface area contributed by atoms with Gasteiger partial charge in [-0.2, -0.15) is 4.31 Å². The zero-order chi connectivity index (χ0) is 23.7. The number of carbonyl (C=O) groups excluding carboxylic acids is 1. The molecule has 1 saturated heterocycles. The van der Waals surface area contributed by atoms with E-state index in [0.29, 0.717) is 43.7 Å². The van der Waals surface area contributed by atoms with Crippen molar-refractivity contribution in [1.29, 1.82) is 0 Å². The summed E-state index contributed by atoms with van der Waals surface area (Å²) in [7, 11) is -3.70. The van der Waals surface area contributed by atoms with Gasteiger partial charge < -0.3 is 10.2 Å². The van der Waals surface area contributed by atoms with Crippen molar-refractivity contribution >= 4 is 27.3 Å². The molecule has 11 heteroatoms. The van der Waals surface area contributed by atoms with Crippen LogP contribution >= 0.6 is 0 Å². The van der Waals surface area contributed by atoms with Crippen LogP contribution in [0.5, 0.6) is 0 Å². The van der Waals surface area contributed by atoms with E-state index in [1.54, 1.807) is 12.1 Å². The molecule has 34 heavy (non-hydrogen) atoms. The fourth-order valence-corrected chi connectivity index (χ4v) is 5.46.